The van der Waals surface area contributed by atoms with E-state index in [-0.39, 0.29) is 24.1 Å². The fourth-order valence-corrected chi connectivity index (χ4v) is 13.3. The minimum atomic E-state index is -0.715. The maximum atomic E-state index is 12.4. The number of allylic oxidation sites excluding steroid dienone is 1. The largest absolute Gasteiger partial charge is 0.462 e. The van der Waals surface area contributed by atoms with Crippen LogP contribution in [0.1, 0.15) is 151 Å². The predicted molar refractivity (Wildman–Crippen MR) is 266 cm³/mol. The summed E-state index contributed by atoms with van der Waals surface area (Å²) in [6, 6.07) is 31.4. The van der Waals surface area contributed by atoms with E-state index < -0.39 is 17.1 Å². The lowest BCUT2D eigenvalue weighted by atomic mass is 9.66. The number of rotatable bonds is 14. The van der Waals surface area contributed by atoms with Gasteiger partial charge in [0.15, 0.2) is 0 Å². The van der Waals surface area contributed by atoms with Gasteiger partial charge in [-0.05, 0) is 158 Å². The molecule has 6 unspecified atom stereocenters. The lowest BCUT2D eigenvalue weighted by molar-refractivity contribution is -0.155. The van der Waals surface area contributed by atoms with E-state index in [0.717, 1.165) is 68.3 Å². The number of carbonyl (C=O) groups is 1. The molecule has 4 bridgehead atoms. The second-order valence-electron chi connectivity index (χ2n) is 21.4. The zero-order chi connectivity index (χ0) is 45.8. The maximum absolute atomic E-state index is 12.4. The standard InChI is InChI=1S/C21H29NO.C20H31NO.C17H23NO3/c23-21(19-7-3-1-4-8-19,13-16-22-14-5-2-6-15-22)20-11-9-18(17-20)10-12-20;22-20(18-10-4-1-5-11-18,19-12-6-2-7-13-19)14-17-21-15-8-3-9-16-21;1-18-13-7-8-14(18)10-15(9-13)21-17(20)16(11-19)12-5-3-2-4-6-12/h1,3-4,7-9,11,18,23H,2,5-6,10,12-17H2;1,4-5,10-11,19,22H,2-3,6-9,12-17H2;2-6,13-16,19H,7-11H2,1H3/t;;13?,14?,15?,16-/m..1/s1. The first kappa shape index (κ1) is 49.1. The second kappa shape index (κ2) is 23.3. The van der Waals surface area contributed by atoms with Crippen molar-refractivity contribution in [1.29, 1.82) is 0 Å². The van der Waals surface area contributed by atoms with Crippen molar-refractivity contribution in [3.05, 3.63) is 120 Å². The highest BCUT2D eigenvalue weighted by Crippen LogP contribution is 2.60. The van der Waals surface area contributed by atoms with Crippen molar-refractivity contribution in [3.8, 4) is 0 Å². The summed E-state index contributed by atoms with van der Waals surface area (Å²) in [5.41, 5.74) is 1.70. The summed E-state index contributed by atoms with van der Waals surface area (Å²) >= 11 is 0. The SMILES string of the molecule is CN1C2CCC1CC(OC(=O)[C@H](CO)c1ccccc1)C2.OC(CCN1CCCCC1)(c1ccccc1)C12C=CC(CC1)C2.OC(CCN1CCCCC1)(c1ccccc1)C1CCCCC1. The Labute approximate surface area is 397 Å². The van der Waals surface area contributed by atoms with Gasteiger partial charge >= 0.3 is 5.97 Å². The second-order valence-corrected chi connectivity index (χ2v) is 21.4. The first-order valence-electron chi connectivity index (χ1n) is 26.5. The van der Waals surface area contributed by atoms with Gasteiger partial charge in [-0.2, -0.15) is 0 Å². The molecule has 7 aliphatic rings. The number of fused-ring (bicyclic) bond motifs is 4. The van der Waals surface area contributed by atoms with Crippen LogP contribution >= 0.6 is 0 Å². The number of hydrogen-bond donors (Lipinski definition) is 3. The van der Waals surface area contributed by atoms with Crippen LogP contribution in [0, 0.1) is 17.3 Å². The smallest absolute Gasteiger partial charge is 0.316 e. The number of hydrogen-bond acceptors (Lipinski definition) is 8. The summed E-state index contributed by atoms with van der Waals surface area (Å²) < 4.78 is 5.70. The van der Waals surface area contributed by atoms with Crippen LogP contribution in [0.25, 0.3) is 0 Å². The molecule has 3 aromatic carbocycles. The van der Waals surface area contributed by atoms with Gasteiger partial charge in [0.2, 0.25) is 0 Å². The molecule has 7 atom stereocenters. The molecule has 10 rings (SSSR count). The highest BCUT2D eigenvalue weighted by molar-refractivity contribution is 5.78. The van der Waals surface area contributed by atoms with Gasteiger partial charge in [-0.1, -0.05) is 135 Å². The van der Waals surface area contributed by atoms with Gasteiger partial charge in [-0.25, -0.2) is 0 Å². The molecule has 0 spiro atoms. The van der Waals surface area contributed by atoms with E-state index in [1.54, 1.807) is 0 Å². The number of aliphatic hydroxyl groups excluding tert-OH is 1. The Bertz CT molecular complexity index is 1920. The molecule has 0 amide bonds. The van der Waals surface area contributed by atoms with E-state index in [0.29, 0.717) is 23.9 Å². The van der Waals surface area contributed by atoms with Crippen LogP contribution in [0.5, 0.6) is 0 Å². The molecular weight excluding hydrogens is 819 g/mol. The lowest BCUT2D eigenvalue weighted by Gasteiger charge is -2.44. The third-order valence-corrected chi connectivity index (χ3v) is 17.4. The quantitative estimate of drug-likeness (QED) is 0.109. The number of likely N-dealkylation sites (tertiary alicyclic amines) is 2. The van der Waals surface area contributed by atoms with Crippen molar-refractivity contribution in [1.82, 2.24) is 14.7 Å². The molecule has 4 heterocycles. The van der Waals surface area contributed by atoms with E-state index in [9.17, 15) is 20.1 Å². The molecule has 4 aliphatic heterocycles. The fourth-order valence-electron chi connectivity index (χ4n) is 13.3. The van der Waals surface area contributed by atoms with E-state index in [2.05, 4.69) is 88.5 Å². The molecule has 3 aromatic rings. The van der Waals surface area contributed by atoms with Crippen LogP contribution in [-0.2, 0) is 20.7 Å². The van der Waals surface area contributed by atoms with Crippen LogP contribution in [0.3, 0.4) is 0 Å². The fraction of sp³-hybridized carbons (Fsp3) is 0.638. The first-order chi connectivity index (χ1) is 32.2. The van der Waals surface area contributed by atoms with Crippen molar-refractivity contribution in [2.45, 2.75) is 164 Å². The monoisotopic (exact) mass is 902 g/mol. The minimum Gasteiger partial charge on any atom is -0.462 e. The third kappa shape index (κ3) is 11.7. The van der Waals surface area contributed by atoms with E-state index in [1.807, 2.05) is 36.4 Å². The van der Waals surface area contributed by atoms with Gasteiger partial charge in [0.05, 0.1) is 17.8 Å². The van der Waals surface area contributed by atoms with Gasteiger partial charge in [0, 0.05) is 30.6 Å². The van der Waals surface area contributed by atoms with Crippen molar-refractivity contribution >= 4 is 5.97 Å². The predicted octanol–water partition coefficient (Wildman–Crippen LogP) is 10.4. The summed E-state index contributed by atoms with van der Waals surface area (Å²) in [6.07, 6.45) is 28.5. The molecule has 0 aromatic heterocycles. The zero-order valence-electron chi connectivity index (χ0n) is 40.4. The summed E-state index contributed by atoms with van der Waals surface area (Å²) in [5, 5.41) is 33.1. The number of nitrogens with zero attached hydrogens (tertiary/aromatic N) is 3. The molecule has 3 aliphatic carbocycles. The highest BCUT2D eigenvalue weighted by Gasteiger charge is 2.55. The van der Waals surface area contributed by atoms with Gasteiger partial charge in [-0.15, -0.1) is 0 Å². The Hall–Kier alpha value is -3.37. The molecule has 8 nitrogen and oxygen atoms in total. The number of piperidine rings is 3. The van der Waals surface area contributed by atoms with Crippen LogP contribution in [0.4, 0.5) is 0 Å². The normalized spacial score (nSPS) is 29.1. The molecule has 360 valence electrons. The molecule has 0 radical (unpaired) electrons. The van der Waals surface area contributed by atoms with Crippen molar-refractivity contribution in [2.24, 2.45) is 17.3 Å². The number of ether oxygens (including phenoxy) is 1. The number of benzene rings is 3. The first-order valence-corrected chi connectivity index (χ1v) is 26.5. The van der Waals surface area contributed by atoms with E-state index >= 15 is 0 Å². The van der Waals surface area contributed by atoms with Gasteiger partial charge in [0.1, 0.15) is 12.0 Å². The molecule has 8 heteroatoms. The Morgan fingerprint density at radius 3 is 1.73 bits per heavy atom. The molecule has 4 saturated heterocycles. The zero-order valence-corrected chi connectivity index (χ0v) is 40.4. The molecule has 3 N–H and O–H groups in total. The van der Waals surface area contributed by atoms with Crippen molar-refractivity contribution < 1.29 is 24.9 Å². The number of carbonyl (C=O) groups excluding carboxylic acids is 1. The van der Waals surface area contributed by atoms with E-state index in [4.69, 9.17) is 4.74 Å². The molecule has 66 heavy (non-hydrogen) atoms. The lowest BCUT2D eigenvalue weighted by Crippen LogP contribution is -2.45. The average molecular weight is 902 g/mol. The topological polar surface area (TPSA) is 96.7 Å². The minimum absolute atomic E-state index is 0.00367. The van der Waals surface area contributed by atoms with E-state index in [1.165, 1.54) is 116 Å². The highest BCUT2D eigenvalue weighted by atomic mass is 16.5. The van der Waals surface area contributed by atoms with Gasteiger partial charge in [-0.3, -0.25) is 4.79 Å². The summed E-state index contributed by atoms with van der Waals surface area (Å²) in [7, 11) is 2.17. The van der Waals surface area contributed by atoms with Crippen LogP contribution in [0.2, 0.25) is 0 Å². The van der Waals surface area contributed by atoms with Crippen molar-refractivity contribution in [2.75, 3.05) is 52.9 Å². The summed E-state index contributed by atoms with van der Waals surface area (Å²) in [6.45, 7) is 6.70. The maximum Gasteiger partial charge on any atom is 0.316 e. The number of aliphatic hydroxyl groups is 3. The Morgan fingerprint density at radius 1 is 0.682 bits per heavy atom. The van der Waals surface area contributed by atoms with Crippen LogP contribution < -0.4 is 0 Å². The van der Waals surface area contributed by atoms with Gasteiger partial charge in [0.25, 0.3) is 0 Å². The Morgan fingerprint density at radius 2 is 1.21 bits per heavy atom. The van der Waals surface area contributed by atoms with Gasteiger partial charge < -0.3 is 34.8 Å². The summed E-state index contributed by atoms with van der Waals surface area (Å²) in [4.78, 5) is 19.9. The third-order valence-electron chi connectivity index (χ3n) is 17.4. The molecular formula is C58H83N3O5. The Kier molecular flexibility index (Phi) is 17.3. The molecule has 2 saturated carbocycles. The number of esters is 1. The average Bonchev–Trinajstić information content (AvgIpc) is 4.06. The molecule has 6 fully saturated rings. The summed E-state index contributed by atoms with van der Waals surface area (Å²) in [5.74, 6) is 0.273. The van der Waals surface area contributed by atoms with Crippen molar-refractivity contribution in [3.63, 3.8) is 0 Å². The Balaban J connectivity index is 0.000000135. The van der Waals surface area contributed by atoms with Crippen LogP contribution in [0.15, 0.2) is 103 Å². The van der Waals surface area contributed by atoms with Crippen LogP contribution in [-0.4, -0.2) is 107 Å².